The fourth-order valence-electron chi connectivity index (χ4n) is 1.34. The number of nitrogens with zero attached hydrogens (tertiary/aromatic N) is 1. The van der Waals surface area contributed by atoms with Crippen molar-refractivity contribution in [3.8, 4) is 6.07 Å². The van der Waals surface area contributed by atoms with Crippen LogP contribution >= 0.6 is 0 Å². The van der Waals surface area contributed by atoms with Gasteiger partial charge < -0.3 is 11.1 Å². The van der Waals surface area contributed by atoms with Gasteiger partial charge >= 0.3 is 0 Å². The number of nitrogens with one attached hydrogen (secondary N) is 1. The quantitative estimate of drug-likeness (QED) is 0.769. The molecule has 0 aliphatic rings. The molecule has 0 heterocycles. The van der Waals surface area contributed by atoms with Gasteiger partial charge in [0.1, 0.15) is 0 Å². The monoisotopic (exact) mass is 203 g/mol. The number of hydrogen-bond donors (Lipinski definition) is 2. The summed E-state index contributed by atoms with van der Waals surface area (Å²) in [5.74, 6) is 0.575. The summed E-state index contributed by atoms with van der Waals surface area (Å²) in [6.07, 6.45) is 1.03. The summed E-state index contributed by atoms with van der Waals surface area (Å²) in [5.41, 5.74) is 7.22. The van der Waals surface area contributed by atoms with E-state index >= 15 is 0 Å². The van der Waals surface area contributed by atoms with Crippen LogP contribution < -0.4 is 11.1 Å². The Kier molecular flexibility index (Phi) is 4.65. The van der Waals surface area contributed by atoms with Crippen molar-refractivity contribution in [3.05, 3.63) is 29.8 Å². The van der Waals surface area contributed by atoms with Crippen LogP contribution in [0.4, 0.5) is 5.69 Å². The summed E-state index contributed by atoms with van der Waals surface area (Å²) in [4.78, 5) is 0. The summed E-state index contributed by atoms with van der Waals surface area (Å²) in [6, 6.07) is 9.57. The molecule has 0 saturated carbocycles. The first kappa shape index (κ1) is 11.5. The largest absolute Gasteiger partial charge is 0.385 e. The van der Waals surface area contributed by atoms with E-state index in [9.17, 15) is 0 Å². The van der Waals surface area contributed by atoms with Gasteiger partial charge in [-0.15, -0.1) is 0 Å². The standard InChI is InChI=1S/C12H17N3/c1-10(6-7-13)9-15-12-4-2-11(8-14)3-5-12/h2-5,10,15H,6-7,9,13H2,1H3. The van der Waals surface area contributed by atoms with Crippen LogP contribution in [0.2, 0.25) is 0 Å². The molecule has 1 aromatic carbocycles. The number of nitrogens with two attached hydrogens (primary N) is 1. The second kappa shape index (κ2) is 6.05. The number of benzene rings is 1. The van der Waals surface area contributed by atoms with Gasteiger partial charge in [0.15, 0.2) is 0 Å². The Morgan fingerprint density at radius 3 is 2.60 bits per heavy atom. The Bertz CT molecular complexity index is 324. The van der Waals surface area contributed by atoms with Gasteiger partial charge in [0.05, 0.1) is 11.6 Å². The zero-order valence-corrected chi connectivity index (χ0v) is 9.03. The van der Waals surface area contributed by atoms with Gasteiger partial charge in [-0.3, -0.25) is 0 Å². The van der Waals surface area contributed by atoms with E-state index in [2.05, 4.69) is 18.3 Å². The Labute approximate surface area is 90.9 Å². The molecule has 0 radical (unpaired) electrons. The third kappa shape index (κ3) is 4.01. The Balaban J connectivity index is 2.41. The molecule has 0 amide bonds. The molecule has 0 bridgehead atoms. The number of nitriles is 1. The van der Waals surface area contributed by atoms with E-state index in [4.69, 9.17) is 11.0 Å². The van der Waals surface area contributed by atoms with E-state index < -0.39 is 0 Å². The predicted molar refractivity (Wildman–Crippen MR) is 62.5 cm³/mol. The summed E-state index contributed by atoms with van der Waals surface area (Å²) in [6.45, 7) is 3.82. The molecule has 1 unspecified atom stereocenters. The van der Waals surface area contributed by atoms with Crippen LogP contribution in [0.1, 0.15) is 18.9 Å². The lowest BCUT2D eigenvalue weighted by Crippen LogP contribution is -2.15. The van der Waals surface area contributed by atoms with Crippen LogP contribution in [0.3, 0.4) is 0 Å². The maximum Gasteiger partial charge on any atom is 0.0991 e. The Morgan fingerprint density at radius 1 is 1.40 bits per heavy atom. The predicted octanol–water partition coefficient (Wildman–Crippen LogP) is 1.96. The van der Waals surface area contributed by atoms with Crippen molar-refractivity contribution < 1.29 is 0 Å². The van der Waals surface area contributed by atoms with E-state index in [1.165, 1.54) is 0 Å². The second-order valence-corrected chi connectivity index (χ2v) is 3.75. The number of hydrogen-bond acceptors (Lipinski definition) is 3. The van der Waals surface area contributed by atoms with Crippen molar-refractivity contribution in [1.82, 2.24) is 0 Å². The average molecular weight is 203 g/mol. The van der Waals surface area contributed by atoms with Crippen molar-refractivity contribution >= 4 is 5.69 Å². The molecule has 1 aromatic rings. The molecule has 1 rings (SSSR count). The SMILES string of the molecule is CC(CCN)CNc1ccc(C#N)cc1. The van der Waals surface area contributed by atoms with Crippen molar-refractivity contribution in [1.29, 1.82) is 5.26 Å². The maximum absolute atomic E-state index is 8.63. The molecule has 0 fully saturated rings. The first-order valence-electron chi connectivity index (χ1n) is 5.20. The summed E-state index contributed by atoms with van der Waals surface area (Å²) in [7, 11) is 0. The van der Waals surface area contributed by atoms with Crippen molar-refractivity contribution in [3.63, 3.8) is 0 Å². The highest BCUT2D eigenvalue weighted by Crippen LogP contribution is 2.10. The van der Waals surface area contributed by atoms with Crippen molar-refractivity contribution in [2.75, 3.05) is 18.4 Å². The minimum atomic E-state index is 0.575. The van der Waals surface area contributed by atoms with E-state index in [0.29, 0.717) is 11.5 Å². The summed E-state index contributed by atoms with van der Waals surface area (Å²) < 4.78 is 0. The number of rotatable bonds is 5. The normalized spacial score (nSPS) is 11.8. The van der Waals surface area contributed by atoms with Crippen LogP contribution in [0.15, 0.2) is 24.3 Å². The van der Waals surface area contributed by atoms with Crippen LogP contribution in [0.5, 0.6) is 0 Å². The van der Waals surface area contributed by atoms with Crippen LogP contribution in [-0.4, -0.2) is 13.1 Å². The molecule has 0 saturated heterocycles. The minimum absolute atomic E-state index is 0.575. The van der Waals surface area contributed by atoms with Crippen LogP contribution in [0, 0.1) is 17.2 Å². The molecule has 0 spiro atoms. The topological polar surface area (TPSA) is 61.8 Å². The highest BCUT2D eigenvalue weighted by Gasteiger charge is 2.00. The molecule has 3 heteroatoms. The lowest BCUT2D eigenvalue weighted by Gasteiger charge is -2.12. The lowest BCUT2D eigenvalue weighted by atomic mass is 10.1. The van der Waals surface area contributed by atoms with Gasteiger partial charge in [-0.05, 0) is 43.1 Å². The first-order chi connectivity index (χ1) is 7.26. The fraction of sp³-hybridized carbons (Fsp3) is 0.417. The molecule has 0 aliphatic heterocycles. The van der Waals surface area contributed by atoms with Crippen molar-refractivity contribution in [2.24, 2.45) is 11.7 Å². The highest BCUT2D eigenvalue weighted by molar-refractivity contribution is 5.47. The fourth-order valence-corrected chi connectivity index (χ4v) is 1.34. The van der Waals surface area contributed by atoms with Gasteiger partial charge in [-0.2, -0.15) is 5.26 Å². The third-order valence-electron chi connectivity index (χ3n) is 2.33. The zero-order valence-electron chi connectivity index (χ0n) is 9.03. The number of anilines is 1. The van der Waals surface area contributed by atoms with Gasteiger partial charge in [0.2, 0.25) is 0 Å². The molecule has 0 aromatic heterocycles. The average Bonchev–Trinajstić information content (AvgIpc) is 2.27. The van der Waals surface area contributed by atoms with E-state index in [1.54, 1.807) is 0 Å². The molecule has 3 N–H and O–H groups in total. The van der Waals surface area contributed by atoms with E-state index in [-0.39, 0.29) is 0 Å². The first-order valence-corrected chi connectivity index (χ1v) is 5.20. The van der Waals surface area contributed by atoms with E-state index in [0.717, 1.165) is 25.2 Å². The van der Waals surface area contributed by atoms with Crippen LogP contribution in [0.25, 0.3) is 0 Å². The van der Waals surface area contributed by atoms with Gasteiger partial charge in [-0.1, -0.05) is 6.92 Å². The van der Waals surface area contributed by atoms with Crippen molar-refractivity contribution in [2.45, 2.75) is 13.3 Å². The molecule has 3 nitrogen and oxygen atoms in total. The zero-order chi connectivity index (χ0) is 11.1. The summed E-state index contributed by atoms with van der Waals surface area (Å²) >= 11 is 0. The Morgan fingerprint density at radius 2 is 2.07 bits per heavy atom. The third-order valence-corrected chi connectivity index (χ3v) is 2.33. The molecule has 1 atom stereocenters. The van der Waals surface area contributed by atoms with E-state index in [1.807, 2.05) is 24.3 Å². The smallest absolute Gasteiger partial charge is 0.0991 e. The lowest BCUT2D eigenvalue weighted by molar-refractivity contribution is 0.568. The molecule has 0 aliphatic carbocycles. The maximum atomic E-state index is 8.63. The second-order valence-electron chi connectivity index (χ2n) is 3.75. The van der Waals surface area contributed by atoms with Crippen LogP contribution in [-0.2, 0) is 0 Å². The summed E-state index contributed by atoms with van der Waals surface area (Å²) in [5, 5.41) is 11.9. The molecule has 15 heavy (non-hydrogen) atoms. The molecular formula is C12H17N3. The molecular weight excluding hydrogens is 186 g/mol. The van der Waals surface area contributed by atoms with Gasteiger partial charge in [-0.25, -0.2) is 0 Å². The van der Waals surface area contributed by atoms with Gasteiger partial charge in [0, 0.05) is 12.2 Å². The van der Waals surface area contributed by atoms with Gasteiger partial charge in [0.25, 0.3) is 0 Å². The minimum Gasteiger partial charge on any atom is -0.385 e. The Hall–Kier alpha value is -1.53. The highest BCUT2D eigenvalue weighted by atomic mass is 14.9. The molecule has 80 valence electrons.